The van der Waals surface area contributed by atoms with E-state index in [2.05, 4.69) is 13.2 Å². The summed E-state index contributed by atoms with van der Waals surface area (Å²) >= 11 is 0. The van der Waals surface area contributed by atoms with Crippen molar-refractivity contribution in [3.63, 3.8) is 0 Å². The van der Waals surface area contributed by atoms with Gasteiger partial charge in [-0.25, -0.2) is 8.42 Å². The number of hydrogen-bond acceptors (Lipinski definition) is 2. The molecule has 0 N–H and O–H groups in total. The Hall–Kier alpha value is -0.570. The average Bonchev–Trinajstić information content (AvgIpc) is 2.59. The van der Waals surface area contributed by atoms with E-state index < -0.39 is 9.84 Å². The van der Waals surface area contributed by atoms with Crippen LogP contribution in [0.4, 0.5) is 0 Å². The van der Waals surface area contributed by atoms with Crippen molar-refractivity contribution in [2.24, 2.45) is 0 Å². The van der Waals surface area contributed by atoms with Gasteiger partial charge in [-0.3, -0.25) is 0 Å². The molecule has 0 aliphatic carbocycles. The predicted molar refractivity (Wildman–Crippen MR) is 113 cm³/mol. The molecule has 0 fully saturated rings. The van der Waals surface area contributed by atoms with E-state index in [-0.39, 0.29) is 0 Å². The molecule has 148 valence electrons. The van der Waals surface area contributed by atoms with Gasteiger partial charge in [-0.05, 0) is 38.5 Å². The maximum Gasteiger partial charge on any atom is 0.150 e. The van der Waals surface area contributed by atoms with Crippen LogP contribution in [0.3, 0.4) is 0 Å². The summed E-state index contributed by atoms with van der Waals surface area (Å²) in [4.78, 5) is 0. The average molecular weight is 371 g/mol. The first-order chi connectivity index (χ1) is 12.1. The zero-order valence-corrected chi connectivity index (χ0v) is 17.3. The van der Waals surface area contributed by atoms with Gasteiger partial charge in [0.1, 0.15) is 9.84 Å². The van der Waals surface area contributed by atoms with Gasteiger partial charge < -0.3 is 0 Å². The van der Waals surface area contributed by atoms with Crippen LogP contribution in [0.15, 0.2) is 25.3 Å². The van der Waals surface area contributed by atoms with Crippen LogP contribution in [0.2, 0.25) is 0 Å². The minimum absolute atomic E-state index is 0.394. The molecule has 0 heterocycles. The van der Waals surface area contributed by atoms with Crippen molar-refractivity contribution in [1.29, 1.82) is 0 Å². The van der Waals surface area contributed by atoms with E-state index in [1.54, 1.807) is 0 Å². The third-order valence-corrected chi connectivity index (χ3v) is 6.55. The van der Waals surface area contributed by atoms with Gasteiger partial charge in [-0.1, -0.05) is 76.4 Å². The highest BCUT2D eigenvalue weighted by Crippen LogP contribution is 2.12. The van der Waals surface area contributed by atoms with Gasteiger partial charge in [0.2, 0.25) is 0 Å². The monoisotopic (exact) mass is 370 g/mol. The third kappa shape index (κ3) is 19.6. The Kier molecular flexibility index (Phi) is 17.8. The zero-order chi connectivity index (χ0) is 18.6. The second-order valence-electron chi connectivity index (χ2n) is 7.26. The number of allylic oxidation sites excluding steroid dienone is 2. The first-order valence-electron chi connectivity index (χ1n) is 10.5. The lowest BCUT2D eigenvalue weighted by molar-refractivity contribution is 0.566. The largest absolute Gasteiger partial charge is 0.229 e. The molecule has 0 aromatic rings. The Morgan fingerprint density at radius 3 is 1.08 bits per heavy atom. The molecule has 0 spiro atoms. The third-order valence-electron chi connectivity index (χ3n) is 4.73. The van der Waals surface area contributed by atoms with Crippen LogP contribution < -0.4 is 0 Å². The molecule has 0 aliphatic heterocycles. The van der Waals surface area contributed by atoms with Gasteiger partial charge in [0.25, 0.3) is 0 Å². The summed E-state index contributed by atoms with van der Waals surface area (Å²) in [6.45, 7) is 7.46. The normalized spacial score (nSPS) is 11.5. The van der Waals surface area contributed by atoms with Crippen LogP contribution in [-0.2, 0) is 9.84 Å². The van der Waals surface area contributed by atoms with Gasteiger partial charge >= 0.3 is 0 Å². The van der Waals surface area contributed by atoms with E-state index in [4.69, 9.17) is 0 Å². The molecule has 0 bridgehead atoms. The fourth-order valence-electron chi connectivity index (χ4n) is 3.09. The fourth-order valence-corrected chi connectivity index (χ4v) is 4.58. The highest BCUT2D eigenvalue weighted by Gasteiger charge is 2.09. The molecule has 0 amide bonds. The van der Waals surface area contributed by atoms with E-state index in [1.807, 2.05) is 12.2 Å². The van der Waals surface area contributed by atoms with E-state index in [0.29, 0.717) is 11.5 Å². The predicted octanol–water partition coefficient (Wildman–Crippen LogP) is 7.01. The molecule has 0 rings (SSSR count). The molecule has 0 aromatic carbocycles. The van der Waals surface area contributed by atoms with Crippen LogP contribution in [-0.4, -0.2) is 19.9 Å². The van der Waals surface area contributed by atoms with E-state index in [9.17, 15) is 8.42 Å². The van der Waals surface area contributed by atoms with E-state index in [0.717, 1.165) is 38.5 Å². The van der Waals surface area contributed by atoms with Crippen LogP contribution in [0.25, 0.3) is 0 Å². The van der Waals surface area contributed by atoms with Crippen molar-refractivity contribution in [2.45, 2.75) is 103 Å². The molecule has 3 heteroatoms. The summed E-state index contributed by atoms with van der Waals surface area (Å²) in [6, 6.07) is 0. The SMILES string of the molecule is C=CCCCCCCCCCS(=O)(=O)CCCCCCCCCC=C. The van der Waals surface area contributed by atoms with Gasteiger partial charge in [-0.15, -0.1) is 13.2 Å². The van der Waals surface area contributed by atoms with Crippen molar-refractivity contribution in [3.05, 3.63) is 25.3 Å². The highest BCUT2D eigenvalue weighted by atomic mass is 32.2. The molecular weight excluding hydrogens is 328 g/mol. The van der Waals surface area contributed by atoms with Crippen LogP contribution in [0, 0.1) is 0 Å². The van der Waals surface area contributed by atoms with E-state index in [1.165, 1.54) is 64.2 Å². The Morgan fingerprint density at radius 2 is 0.760 bits per heavy atom. The topological polar surface area (TPSA) is 34.1 Å². The Morgan fingerprint density at radius 1 is 0.480 bits per heavy atom. The molecule has 0 atom stereocenters. The Balaban J connectivity index is 3.38. The minimum atomic E-state index is -2.81. The first kappa shape index (κ1) is 24.4. The zero-order valence-electron chi connectivity index (χ0n) is 16.5. The van der Waals surface area contributed by atoms with Gasteiger partial charge in [0, 0.05) is 0 Å². The number of rotatable bonds is 20. The van der Waals surface area contributed by atoms with E-state index >= 15 is 0 Å². The van der Waals surface area contributed by atoms with Crippen molar-refractivity contribution in [2.75, 3.05) is 11.5 Å². The molecule has 0 radical (unpaired) electrons. The van der Waals surface area contributed by atoms with Crippen LogP contribution >= 0.6 is 0 Å². The number of hydrogen-bond donors (Lipinski definition) is 0. The summed E-state index contributed by atoms with van der Waals surface area (Å²) in [7, 11) is -2.81. The second-order valence-corrected chi connectivity index (χ2v) is 9.56. The summed E-state index contributed by atoms with van der Waals surface area (Å²) < 4.78 is 24.1. The molecule has 25 heavy (non-hydrogen) atoms. The van der Waals surface area contributed by atoms with Crippen molar-refractivity contribution in [1.82, 2.24) is 0 Å². The summed E-state index contributed by atoms with van der Waals surface area (Å²) in [5, 5.41) is 0. The number of unbranched alkanes of at least 4 members (excludes halogenated alkanes) is 14. The summed E-state index contributed by atoms with van der Waals surface area (Å²) in [6.07, 6.45) is 22.4. The molecule has 0 aromatic heterocycles. The quantitative estimate of drug-likeness (QED) is 0.170. The second kappa shape index (κ2) is 18.2. The lowest BCUT2D eigenvalue weighted by atomic mass is 10.1. The summed E-state index contributed by atoms with van der Waals surface area (Å²) in [5.74, 6) is 0.788. The maximum absolute atomic E-state index is 12.0. The van der Waals surface area contributed by atoms with Crippen LogP contribution in [0.5, 0.6) is 0 Å². The fraction of sp³-hybridized carbons (Fsp3) is 0.818. The standard InChI is InChI=1S/C22H42O2S/c1-3-5-7-9-11-13-15-17-19-21-25(23,24)22-20-18-16-14-12-10-8-6-4-2/h3-4H,1-2,5-22H2. The van der Waals surface area contributed by atoms with Crippen molar-refractivity contribution >= 4 is 9.84 Å². The lowest BCUT2D eigenvalue weighted by Gasteiger charge is -2.05. The molecule has 2 nitrogen and oxygen atoms in total. The maximum atomic E-state index is 12.0. The molecular formula is C22H42O2S. The lowest BCUT2D eigenvalue weighted by Crippen LogP contribution is -2.11. The molecule has 0 aliphatic rings. The minimum Gasteiger partial charge on any atom is -0.229 e. The summed E-state index contributed by atoms with van der Waals surface area (Å²) in [5.41, 5.74) is 0. The van der Waals surface area contributed by atoms with Crippen molar-refractivity contribution in [3.8, 4) is 0 Å². The van der Waals surface area contributed by atoms with Crippen molar-refractivity contribution < 1.29 is 8.42 Å². The Bertz CT molecular complexity index is 366. The van der Waals surface area contributed by atoms with Gasteiger partial charge in [-0.2, -0.15) is 0 Å². The van der Waals surface area contributed by atoms with Crippen LogP contribution in [0.1, 0.15) is 103 Å². The van der Waals surface area contributed by atoms with Gasteiger partial charge in [0.15, 0.2) is 0 Å². The number of sulfone groups is 1. The molecule has 0 saturated carbocycles. The molecule has 0 saturated heterocycles. The first-order valence-corrected chi connectivity index (χ1v) is 12.4. The Labute approximate surface area is 158 Å². The van der Waals surface area contributed by atoms with Gasteiger partial charge in [0.05, 0.1) is 11.5 Å². The highest BCUT2D eigenvalue weighted by molar-refractivity contribution is 7.91. The molecule has 0 unspecified atom stereocenters. The smallest absolute Gasteiger partial charge is 0.150 e.